The standard InChI is InChI=1S/C16H14N2O3S2/c1-12-15(19)18(23(20,21)14-10-6-3-7-11-14)16(22-12)17-13-8-4-2-5-9-13/h2-12H,1H3/t12-/m1/s1. The van der Waals surface area contributed by atoms with Gasteiger partial charge in [-0.25, -0.2) is 13.4 Å². The number of nitrogens with zero attached hydrogens (tertiary/aromatic N) is 2. The van der Waals surface area contributed by atoms with Gasteiger partial charge in [0.15, 0.2) is 5.17 Å². The largest absolute Gasteiger partial charge is 0.272 e. The quantitative estimate of drug-likeness (QED) is 0.857. The molecule has 118 valence electrons. The third-order valence-corrected chi connectivity index (χ3v) is 6.12. The minimum Gasteiger partial charge on any atom is -0.272 e. The van der Waals surface area contributed by atoms with Gasteiger partial charge < -0.3 is 0 Å². The van der Waals surface area contributed by atoms with E-state index in [-0.39, 0.29) is 10.1 Å². The molecule has 1 saturated heterocycles. The van der Waals surface area contributed by atoms with Gasteiger partial charge in [0, 0.05) is 0 Å². The van der Waals surface area contributed by atoms with Gasteiger partial charge >= 0.3 is 0 Å². The highest BCUT2D eigenvalue weighted by molar-refractivity contribution is 8.17. The lowest BCUT2D eigenvalue weighted by atomic mass is 10.3. The Morgan fingerprint density at radius 3 is 2.17 bits per heavy atom. The molecule has 2 aromatic carbocycles. The number of amidine groups is 1. The van der Waals surface area contributed by atoms with Crippen molar-refractivity contribution in [2.75, 3.05) is 0 Å². The summed E-state index contributed by atoms with van der Waals surface area (Å²) in [6, 6.07) is 16.9. The van der Waals surface area contributed by atoms with Crippen LogP contribution in [0.15, 0.2) is 70.6 Å². The van der Waals surface area contributed by atoms with E-state index in [1.807, 2.05) is 6.07 Å². The molecule has 0 bridgehead atoms. The Hall–Kier alpha value is -2.12. The van der Waals surface area contributed by atoms with Gasteiger partial charge in [-0.3, -0.25) is 4.79 Å². The van der Waals surface area contributed by atoms with Crippen LogP contribution < -0.4 is 0 Å². The van der Waals surface area contributed by atoms with Gasteiger partial charge in [-0.1, -0.05) is 48.2 Å². The number of para-hydroxylation sites is 1. The van der Waals surface area contributed by atoms with Crippen LogP contribution in [-0.2, 0) is 14.8 Å². The molecule has 5 nitrogen and oxygen atoms in total. The second-order valence-corrected chi connectivity index (χ2v) is 8.01. The van der Waals surface area contributed by atoms with E-state index in [1.165, 1.54) is 12.1 Å². The van der Waals surface area contributed by atoms with E-state index in [0.717, 1.165) is 16.1 Å². The lowest BCUT2D eigenvalue weighted by molar-refractivity contribution is -0.122. The number of carbonyl (C=O) groups excluding carboxylic acids is 1. The number of amides is 1. The van der Waals surface area contributed by atoms with Crippen molar-refractivity contribution >= 4 is 38.5 Å². The Balaban J connectivity index is 2.08. The number of aliphatic imine (C=N–C) groups is 1. The van der Waals surface area contributed by atoms with Crippen molar-refractivity contribution in [1.82, 2.24) is 4.31 Å². The molecule has 0 radical (unpaired) electrons. The maximum Gasteiger partial charge on any atom is 0.272 e. The SMILES string of the molecule is C[C@H]1SC(=Nc2ccccc2)N(S(=O)(=O)c2ccccc2)C1=O. The zero-order chi connectivity index (χ0) is 16.4. The molecule has 1 aliphatic heterocycles. The van der Waals surface area contributed by atoms with Crippen LogP contribution >= 0.6 is 11.8 Å². The molecule has 23 heavy (non-hydrogen) atoms. The Bertz CT molecular complexity index is 849. The van der Waals surface area contributed by atoms with Gasteiger partial charge in [0.05, 0.1) is 15.8 Å². The van der Waals surface area contributed by atoms with Crippen LogP contribution in [0.1, 0.15) is 6.92 Å². The molecule has 1 atom stereocenters. The summed E-state index contributed by atoms with van der Waals surface area (Å²) < 4.78 is 26.4. The van der Waals surface area contributed by atoms with E-state index < -0.39 is 21.2 Å². The fourth-order valence-corrected chi connectivity index (χ4v) is 4.83. The molecule has 0 unspecified atom stereocenters. The molecule has 0 aromatic heterocycles. The van der Waals surface area contributed by atoms with Crippen molar-refractivity contribution in [2.45, 2.75) is 17.1 Å². The summed E-state index contributed by atoms with van der Waals surface area (Å²) in [5.41, 5.74) is 0.602. The lowest BCUT2D eigenvalue weighted by Gasteiger charge is -2.16. The molecule has 3 rings (SSSR count). The number of hydrogen-bond donors (Lipinski definition) is 0. The topological polar surface area (TPSA) is 66.8 Å². The number of carbonyl (C=O) groups is 1. The highest BCUT2D eigenvalue weighted by atomic mass is 32.2. The molecule has 1 heterocycles. The van der Waals surface area contributed by atoms with Crippen LogP contribution in [0.25, 0.3) is 0 Å². The van der Waals surface area contributed by atoms with Crippen molar-refractivity contribution < 1.29 is 13.2 Å². The van der Waals surface area contributed by atoms with Crippen LogP contribution in [0.2, 0.25) is 0 Å². The highest BCUT2D eigenvalue weighted by Crippen LogP contribution is 2.33. The van der Waals surface area contributed by atoms with Crippen molar-refractivity contribution in [3.05, 3.63) is 60.7 Å². The van der Waals surface area contributed by atoms with E-state index in [1.54, 1.807) is 49.4 Å². The molecule has 0 aliphatic carbocycles. The summed E-state index contributed by atoms with van der Waals surface area (Å²) in [4.78, 5) is 16.8. The van der Waals surface area contributed by atoms with E-state index in [2.05, 4.69) is 4.99 Å². The summed E-state index contributed by atoms with van der Waals surface area (Å²) in [5, 5.41) is -0.312. The van der Waals surface area contributed by atoms with E-state index >= 15 is 0 Å². The maximum atomic E-state index is 12.8. The summed E-state index contributed by atoms with van der Waals surface area (Å²) in [5.74, 6) is -0.478. The number of rotatable bonds is 3. The maximum absolute atomic E-state index is 12.8. The third-order valence-electron chi connectivity index (χ3n) is 3.27. The minimum absolute atomic E-state index is 0.0730. The van der Waals surface area contributed by atoms with Crippen LogP contribution in [0, 0.1) is 0 Å². The van der Waals surface area contributed by atoms with Gasteiger partial charge in [-0.15, -0.1) is 0 Å². The lowest BCUT2D eigenvalue weighted by Crippen LogP contribution is -2.37. The number of thioether (sulfide) groups is 1. The molecule has 1 fully saturated rings. The predicted octanol–water partition coefficient (Wildman–Crippen LogP) is 3.03. The first kappa shape index (κ1) is 15.8. The first-order valence-corrected chi connectivity index (χ1v) is 9.27. The summed E-state index contributed by atoms with van der Waals surface area (Å²) >= 11 is 1.15. The first-order chi connectivity index (χ1) is 11.0. The second-order valence-electron chi connectivity index (χ2n) is 4.91. The van der Waals surface area contributed by atoms with Crippen LogP contribution in [0.5, 0.6) is 0 Å². The minimum atomic E-state index is -3.96. The van der Waals surface area contributed by atoms with Crippen molar-refractivity contribution in [3.63, 3.8) is 0 Å². The fraction of sp³-hybridized carbons (Fsp3) is 0.125. The van der Waals surface area contributed by atoms with Gasteiger partial charge in [0.1, 0.15) is 0 Å². The molecular weight excluding hydrogens is 332 g/mol. The molecule has 0 N–H and O–H groups in total. The highest BCUT2D eigenvalue weighted by Gasteiger charge is 2.43. The van der Waals surface area contributed by atoms with Crippen LogP contribution in [0.4, 0.5) is 5.69 Å². The molecular formula is C16H14N2O3S2. The van der Waals surface area contributed by atoms with Crippen molar-refractivity contribution in [3.8, 4) is 0 Å². The van der Waals surface area contributed by atoms with Crippen molar-refractivity contribution in [1.29, 1.82) is 0 Å². The van der Waals surface area contributed by atoms with E-state index in [9.17, 15) is 13.2 Å². The summed E-state index contributed by atoms with van der Waals surface area (Å²) in [7, 11) is -3.96. The van der Waals surface area contributed by atoms with Crippen molar-refractivity contribution in [2.24, 2.45) is 4.99 Å². The first-order valence-electron chi connectivity index (χ1n) is 6.95. The Kier molecular flexibility index (Phi) is 4.23. The molecule has 0 spiro atoms. The molecule has 1 amide bonds. The average molecular weight is 346 g/mol. The predicted molar refractivity (Wildman–Crippen MR) is 91.1 cm³/mol. The van der Waals surface area contributed by atoms with E-state index in [0.29, 0.717) is 5.69 Å². The summed E-state index contributed by atoms with van der Waals surface area (Å²) in [6.07, 6.45) is 0. The Labute approximate surface area is 139 Å². The number of benzene rings is 2. The Morgan fingerprint density at radius 2 is 1.57 bits per heavy atom. The number of sulfonamides is 1. The average Bonchev–Trinajstić information content (AvgIpc) is 2.84. The monoisotopic (exact) mass is 346 g/mol. The molecule has 2 aromatic rings. The van der Waals surface area contributed by atoms with Crippen LogP contribution in [-0.4, -0.2) is 29.0 Å². The van der Waals surface area contributed by atoms with Gasteiger partial charge in [-0.05, 0) is 31.2 Å². The zero-order valence-electron chi connectivity index (χ0n) is 12.3. The van der Waals surface area contributed by atoms with Gasteiger partial charge in [-0.2, -0.15) is 4.31 Å². The molecule has 7 heteroatoms. The second kappa shape index (κ2) is 6.17. The molecule has 0 saturated carbocycles. The fourth-order valence-electron chi connectivity index (χ4n) is 2.12. The normalized spacial score (nSPS) is 20.2. The smallest absolute Gasteiger partial charge is 0.272 e. The number of hydrogen-bond acceptors (Lipinski definition) is 5. The van der Waals surface area contributed by atoms with Gasteiger partial charge in [0.25, 0.3) is 15.9 Å². The van der Waals surface area contributed by atoms with Crippen LogP contribution in [0.3, 0.4) is 0 Å². The summed E-state index contributed by atoms with van der Waals surface area (Å²) in [6.45, 7) is 1.67. The molecule has 1 aliphatic rings. The zero-order valence-corrected chi connectivity index (χ0v) is 13.9. The Morgan fingerprint density at radius 1 is 1.00 bits per heavy atom. The third kappa shape index (κ3) is 3.02. The van der Waals surface area contributed by atoms with E-state index in [4.69, 9.17) is 0 Å². The van der Waals surface area contributed by atoms with Gasteiger partial charge in [0.2, 0.25) is 0 Å².